The second-order valence-electron chi connectivity index (χ2n) is 4.07. The highest BCUT2D eigenvalue weighted by Crippen LogP contribution is 2.31. The quantitative estimate of drug-likeness (QED) is 0.833. The van der Waals surface area contributed by atoms with E-state index in [2.05, 4.69) is 26.2 Å². The Labute approximate surface area is 124 Å². The lowest BCUT2D eigenvalue weighted by Gasteiger charge is -2.12. The number of pyridine rings is 1. The normalized spacial score (nSPS) is 10.6. The van der Waals surface area contributed by atoms with Crippen molar-refractivity contribution in [1.82, 2.24) is 10.3 Å². The van der Waals surface area contributed by atoms with Gasteiger partial charge >= 0.3 is 0 Å². The van der Waals surface area contributed by atoms with E-state index in [4.69, 9.17) is 4.74 Å². The molecule has 0 radical (unpaired) electrons. The number of halogens is 3. The van der Waals surface area contributed by atoms with Crippen molar-refractivity contribution in [3.8, 4) is 11.5 Å². The van der Waals surface area contributed by atoms with E-state index in [1.54, 1.807) is 12.3 Å². The molecule has 1 aromatic carbocycles. The summed E-state index contributed by atoms with van der Waals surface area (Å²) >= 11 is 3.11. The predicted molar refractivity (Wildman–Crippen MR) is 75.7 cm³/mol. The molecule has 0 bridgehead atoms. The van der Waals surface area contributed by atoms with E-state index in [9.17, 15) is 8.78 Å². The highest BCUT2D eigenvalue weighted by atomic mass is 79.9. The Hall–Kier alpha value is -1.53. The molecule has 0 aliphatic carbocycles. The molecule has 0 aliphatic rings. The van der Waals surface area contributed by atoms with Gasteiger partial charge in [-0.1, -0.05) is 22.9 Å². The minimum atomic E-state index is -1.01. The number of hydrogen-bond donors (Lipinski definition) is 1. The minimum absolute atomic E-state index is 0.166. The van der Waals surface area contributed by atoms with Gasteiger partial charge in [-0.05, 0) is 24.7 Å². The van der Waals surface area contributed by atoms with Crippen LogP contribution in [0.2, 0.25) is 0 Å². The summed E-state index contributed by atoms with van der Waals surface area (Å²) in [6, 6.07) is 4.05. The Kier molecular flexibility index (Phi) is 5.03. The van der Waals surface area contributed by atoms with E-state index in [0.717, 1.165) is 18.2 Å². The average molecular weight is 343 g/mol. The lowest BCUT2D eigenvalue weighted by atomic mass is 10.2. The molecule has 106 valence electrons. The zero-order valence-electron chi connectivity index (χ0n) is 10.8. The Morgan fingerprint density at radius 1 is 1.30 bits per heavy atom. The zero-order chi connectivity index (χ0) is 14.5. The topological polar surface area (TPSA) is 34.2 Å². The molecule has 0 spiro atoms. The zero-order valence-corrected chi connectivity index (χ0v) is 12.4. The molecule has 2 aromatic rings. The van der Waals surface area contributed by atoms with Crippen LogP contribution in [0, 0.1) is 11.6 Å². The summed E-state index contributed by atoms with van der Waals surface area (Å²) in [6.45, 7) is 3.30. The molecule has 0 saturated carbocycles. The van der Waals surface area contributed by atoms with Crippen molar-refractivity contribution in [3.05, 3.63) is 52.3 Å². The summed E-state index contributed by atoms with van der Waals surface area (Å²) in [4.78, 5) is 4.00. The van der Waals surface area contributed by atoms with Crippen molar-refractivity contribution in [2.24, 2.45) is 0 Å². The summed E-state index contributed by atoms with van der Waals surface area (Å²) in [5, 5.41) is 3.13. The Bertz CT molecular complexity index is 608. The molecule has 20 heavy (non-hydrogen) atoms. The van der Waals surface area contributed by atoms with Gasteiger partial charge < -0.3 is 10.1 Å². The van der Waals surface area contributed by atoms with Crippen molar-refractivity contribution in [1.29, 1.82) is 0 Å². The second kappa shape index (κ2) is 6.76. The smallest absolute Gasteiger partial charge is 0.201 e. The Morgan fingerprint density at radius 2 is 2.10 bits per heavy atom. The van der Waals surface area contributed by atoms with Crippen molar-refractivity contribution in [2.45, 2.75) is 13.5 Å². The molecule has 0 fully saturated rings. The molecule has 0 saturated heterocycles. The van der Waals surface area contributed by atoms with Gasteiger partial charge in [0.25, 0.3) is 0 Å². The van der Waals surface area contributed by atoms with E-state index < -0.39 is 11.6 Å². The molecule has 1 aromatic heterocycles. The lowest BCUT2D eigenvalue weighted by molar-refractivity contribution is 0.411. The predicted octanol–water partition coefficient (Wildman–Crippen LogP) is 4.02. The van der Waals surface area contributed by atoms with Gasteiger partial charge in [0.1, 0.15) is 5.75 Å². The lowest BCUT2D eigenvalue weighted by Crippen LogP contribution is -2.12. The first-order valence-electron chi connectivity index (χ1n) is 6.07. The fourth-order valence-electron chi connectivity index (χ4n) is 1.63. The minimum Gasteiger partial charge on any atom is -0.454 e. The third-order valence-corrected chi connectivity index (χ3v) is 3.06. The SMILES string of the molecule is CCNCc1cnccc1Oc1cc(Br)cc(F)c1F. The Morgan fingerprint density at radius 3 is 2.85 bits per heavy atom. The van der Waals surface area contributed by atoms with Crippen molar-refractivity contribution in [3.63, 3.8) is 0 Å². The molecule has 6 heteroatoms. The van der Waals surface area contributed by atoms with Gasteiger partial charge in [0.2, 0.25) is 5.82 Å². The van der Waals surface area contributed by atoms with E-state index in [0.29, 0.717) is 16.8 Å². The number of hydrogen-bond acceptors (Lipinski definition) is 3. The summed E-state index contributed by atoms with van der Waals surface area (Å²) in [7, 11) is 0. The number of aromatic nitrogens is 1. The number of rotatable bonds is 5. The number of ether oxygens (including phenoxy) is 1. The first-order valence-corrected chi connectivity index (χ1v) is 6.87. The average Bonchev–Trinajstić information content (AvgIpc) is 2.43. The summed E-state index contributed by atoms with van der Waals surface area (Å²) < 4.78 is 32.9. The van der Waals surface area contributed by atoms with Crippen molar-refractivity contribution >= 4 is 15.9 Å². The van der Waals surface area contributed by atoms with Crippen LogP contribution in [-0.4, -0.2) is 11.5 Å². The van der Waals surface area contributed by atoms with Crippen LogP contribution in [0.25, 0.3) is 0 Å². The summed E-state index contributed by atoms with van der Waals surface area (Å²) in [5.74, 6) is -1.70. The maximum atomic E-state index is 13.7. The van der Waals surface area contributed by atoms with Crippen LogP contribution in [0.4, 0.5) is 8.78 Å². The number of nitrogens with one attached hydrogen (secondary N) is 1. The second-order valence-corrected chi connectivity index (χ2v) is 4.98. The molecule has 3 nitrogen and oxygen atoms in total. The van der Waals surface area contributed by atoms with E-state index in [1.807, 2.05) is 6.92 Å². The van der Waals surface area contributed by atoms with Gasteiger partial charge in [-0.2, -0.15) is 4.39 Å². The van der Waals surface area contributed by atoms with Crippen LogP contribution in [0.15, 0.2) is 35.1 Å². The molecule has 1 N–H and O–H groups in total. The van der Waals surface area contributed by atoms with Crippen LogP contribution >= 0.6 is 15.9 Å². The number of benzene rings is 1. The van der Waals surface area contributed by atoms with E-state index in [-0.39, 0.29) is 5.75 Å². The van der Waals surface area contributed by atoms with Crippen LogP contribution in [-0.2, 0) is 6.54 Å². The Balaban J connectivity index is 2.30. The maximum Gasteiger partial charge on any atom is 0.201 e. The van der Waals surface area contributed by atoms with Gasteiger partial charge in [0.15, 0.2) is 11.6 Å². The van der Waals surface area contributed by atoms with E-state index >= 15 is 0 Å². The van der Waals surface area contributed by atoms with Gasteiger partial charge in [0, 0.05) is 29.0 Å². The largest absolute Gasteiger partial charge is 0.454 e. The van der Waals surface area contributed by atoms with Crippen molar-refractivity contribution < 1.29 is 13.5 Å². The highest BCUT2D eigenvalue weighted by Gasteiger charge is 2.13. The van der Waals surface area contributed by atoms with Crippen LogP contribution in [0.3, 0.4) is 0 Å². The van der Waals surface area contributed by atoms with Crippen LogP contribution in [0.5, 0.6) is 11.5 Å². The number of nitrogens with zero attached hydrogens (tertiary/aromatic N) is 1. The maximum absolute atomic E-state index is 13.7. The standard InChI is InChI=1S/C14H13BrF2N2O/c1-2-18-7-9-8-19-4-3-12(9)20-13-6-10(15)5-11(16)14(13)17/h3-6,8,18H,2,7H2,1H3. The fourth-order valence-corrected chi connectivity index (χ4v) is 2.04. The van der Waals surface area contributed by atoms with E-state index in [1.165, 1.54) is 12.3 Å². The van der Waals surface area contributed by atoms with Gasteiger partial charge in [-0.15, -0.1) is 0 Å². The monoisotopic (exact) mass is 342 g/mol. The molecule has 0 unspecified atom stereocenters. The molecule has 0 atom stereocenters. The summed E-state index contributed by atoms with van der Waals surface area (Å²) in [6.07, 6.45) is 3.17. The fraction of sp³-hybridized carbons (Fsp3) is 0.214. The highest BCUT2D eigenvalue weighted by molar-refractivity contribution is 9.10. The first-order chi connectivity index (χ1) is 9.61. The molecule has 0 aliphatic heterocycles. The first kappa shape index (κ1) is 14.9. The van der Waals surface area contributed by atoms with Crippen LogP contribution < -0.4 is 10.1 Å². The third-order valence-electron chi connectivity index (χ3n) is 2.60. The van der Waals surface area contributed by atoms with Gasteiger partial charge in [-0.3, -0.25) is 4.98 Å². The van der Waals surface area contributed by atoms with Gasteiger partial charge in [0.05, 0.1) is 0 Å². The molecule has 1 heterocycles. The third kappa shape index (κ3) is 3.52. The van der Waals surface area contributed by atoms with Gasteiger partial charge in [-0.25, -0.2) is 4.39 Å². The molecule has 2 rings (SSSR count). The van der Waals surface area contributed by atoms with Crippen molar-refractivity contribution in [2.75, 3.05) is 6.54 Å². The molecular formula is C14H13BrF2N2O. The van der Waals surface area contributed by atoms with Crippen LogP contribution in [0.1, 0.15) is 12.5 Å². The summed E-state index contributed by atoms with van der Waals surface area (Å²) in [5.41, 5.74) is 0.772. The molecular weight excluding hydrogens is 330 g/mol. The molecule has 0 amide bonds.